The summed E-state index contributed by atoms with van der Waals surface area (Å²) < 4.78 is 28.7. The summed E-state index contributed by atoms with van der Waals surface area (Å²) >= 11 is 0. The van der Waals surface area contributed by atoms with Crippen molar-refractivity contribution in [3.63, 3.8) is 0 Å². The highest BCUT2D eigenvalue weighted by Crippen LogP contribution is 2.26. The van der Waals surface area contributed by atoms with Crippen LogP contribution in [-0.2, 0) is 14.6 Å². The molecule has 5 heteroatoms. The first-order chi connectivity index (χ1) is 9.40. The van der Waals surface area contributed by atoms with E-state index in [4.69, 9.17) is 4.74 Å². The number of rotatable bonds is 4. The van der Waals surface area contributed by atoms with Crippen LogP contribution < -0.4 is 5.32 Å². The average molecular weight is 297 g/mol. The molecule has 0 spiro atoms. The molecule has 4 nitrogen and oxygen atoms in total. The molecule has 0 amide bonds. The zero-order valence-electron chi connectivity index (χ0n) is 12.3. The molecular weight excluding hydrogens is 274 g/mol. The van der Waals surface area contributed by atoms with Gasteiger partial charge in [-0.25, -0.2) is 8.42 Å². The van der Waals surface area contributed by atoms with Crippen LogP contribution in [0.1, 0.15) is 31.2 Å². The first kappa shape index (κ1) is 15.3. The molecule has 2 rings (SSSR count). The number of nitrogens with one attached hydrogen (secondary N) is 1. The van der Waals surface area contributed by atoms with E-state index in [9.17, 15) is 8.42 Å². The van der Waals surface area contributed by atoms with Crippen LogP contribution in [0.25, 0.3) is 0 Å². The predicted molar refractivity (Wildman–Crippen MR) is 81.0 cm³/mol. The maximum atomic E-state index is 11.6. The average Bonchev–Trinajstić information content (AvgIpc) is 2.40. The molecule has 0 saturated heterocycles. The molecular formula is C15H23NO3S. The molecule has 2 unspecified atom stereocenters. The predicted octanol–water partition coefficient (Wildman–Crippen LogP) is 2.77. The van der Waals surface area contributed by atoms with Gasteiger partial charge in [0.15, 0.2) is 9.84 Å². The minimum atomic E-state index is -3.16. The van der Waals surface area contributed by atoms with Gasteiger partial charge < -0.3 is 10.1 Å². The van der Waals surface area contributed by atoms with Crippen molar-refractivity contribution in [3.05, 3.63) is 23.8 Å². The summed E-state index contributed by atoms with van der Waals surface area (Å²) in [5.74, 6) is 0. The van der Waals surface area contributed by atoms with Crippen LogP contribution in [0.3, 0.4) is 0 Å². The smallest absolute Gasteiger partial charge is 0.175 e. The highest BCUT2D eigenvalue weighted by Gasteiger charge is 2.22. The molecule has 0 radical (unpaired) electrons. The summed E-state index contributed by atoms with van der Waals surface area (Å²) in [4.78, 5) is 0.365. The molecule has 0 heterocycles. The SMILES string of the molecule is COC1CCCC(Nc2cc(S(C)(=O)=O)ccc2C)C1. The molecule has 20 heavy (non-hydrogen) atoms. The largest absolute Gasteiger partial charge is 0.382 e. The van der Waals surface area contributed by atoms with E-state index >= 15 is 0 Å². The lowest BCUT2D eigenvalue weighted by Crippen LogP contribution is -2.31. The van der Waals surface area contributed by atoms with Crippen LogP contribution in [0.4, 0.5) is 5.69 Å². The fraction of sp³-hybridized carbons (Fsp3) is 0.600. The Balaban J connectivity index is 2.16. The van der Waals surface area contributed by atoms with Crippen LogP contribution in [0, 0.1) is 6.92 Å². The van der Waals surface area contributed by atoms with E-state index in [2.05, 4.69) is 5.32 Å². The Morgan fingerprint density at radius 1 is 1.30 bits per heavy atom. The van der Waals surface area contributed by atoms with Gasteiger partial charge >= 0.3 is 0 Å². The molecule has 1 fully saturated rings. The third-order valence-corrected chi connectivity index (χ3v) is 5.07. The van der Waals surface area contributed by atoms with E-state index < -0.39 is 9.84 Å². The normalized spacial score (nSPS) is 23.6. The van der Waals surface area contributed by atoms with Crippen molar-refractivity contribution < 1.29 is 13.2 Å². The number of anilines is 1. The van der Waals surface area contributed by atoms with E-state index in [0.29, 0.717) is 17.0 Å². The number of sulfone groups is 1. The van der Waals surface area contributed by atoms with E-state index in [1.807, 2.05) is 13.0 Å². The number of hydrogen-bond acceptors (Lipinski definition) is 4. The molecule has 0 aliphatic heterocycles. The van der Waals surface area contributed by atoms with Crippen molar-refractivity contribution in [1.29, 1.82) is 0 Å². The van der Waals surface area contributed by atoms with Gasteiger partial charge in [0.1, 0.15) is 0 Å². The van der Waals surface area contributed by atoms with Crippen molar-refractivity contribution in [1.82, 2.24) is 0 Å². The highest BCUT2D eigenvalue weighted by molar-refractivity contribution is 7.90. The third kappa shape index (κ3) is 3.73. The second kappa shape index (κ2) is 6.14. The van der Waals surface area contributed by atoms with E-state index in [0.717, 1.165) is 36.9 Å². The maximum absolute atomic E-state index is 11.6. The number of benzene rings is 1. The number of hydrogen-bond donors (Lipinski definition) is 1. The lowest BCUT2D eigenvalue weighted by atomic mass is 9.92. The van der Waals surface area contributed by atoms with Gasteiger partial charge in [0, 0.05) is 25.1 Å². The van der Waals surface area contributed by atoms with Crippen LogP contribution in [0.2, 0.25) is 0 Å². The summed E-state index contributed by atoms with van der Waals surface area (Å²) in [5, 5.41) is 3.48. The minimum Gasteiger partial charge on any atom is -0.382 e. The lowest BCUT2D eigenvalue weighted by Gasteiger charge is -2.30. The van der Waals surface area contributed by atoms with E-state index in [1.165, 1.54) is 6.26 Å². The Morgan fingerprint density at radius 3 is 2.70 bits per heavy atom. The summed E-state index contributed by atoms with van der Waals surface area (Å²) in [6, 6.07) is 5.60. The van der Waals surface area contributed by atoms with Gasteiger partial charge in [0.25, 0.3) is 0 Å². The molecule has 1 aliphatic rings. The minimum absolute atomic E-state index is 0.305. The van der Waals surface area contributed by atoms with Gasteiger partial charge in [0.2, 0.25) is 0 Å². The van der Waals surface area contributed by atoms with Crippen LogP contribution in [-0.4, -0.2) is 33.9 Å². The van der Waals surface area contributed by atoms with Crippen LogP contribution >= 0.6 is 0 Å². The second-order valence-electron chi connectivity index (χ2n) is 5.61. The van der Waals surface area contributed by atoms with Crippen molar-refractivity contribution in [3.8, 4) is 0 Å². The standard InChI is InChI=1S/C15H23NO3S/c1-11-7-8-14(20(3,17)18)10-15(11)16-12-5-4-6-13(9-12)19-2/h7-8,10,12-13,16H,4-6,9H2,1-3H3. The zero-order valence-corrected chi connectivity index (χ0v) is 13.2. The molecule has 1 aromatic rings. The van der Waals surface area contributed by atoms with Crippen molar-refractivity contribution in [2.45, 2.75) is 49.6 Å². The van der Waals surface area contributed by atoms with Crippen molar-refractivity contribution >= 4 is 15.5 Å². The molecule has 1 N–H and O–H groups in total. The Hall–Kier alpha value is -1.07. The quantitative estimate of drug-likeness (QED) is 0.928. The van der Waals surface area contributed by atoms with Gasteiger partial charge in [-0.1, -0.05) is 6.07 Å². The number of ether oxygens (including phenoxy) is 1. The van der Waals surface area contributed by atoms with Gasteiger partial charge in [0.05, 0.1) is 11.0 Å². The van der Waals surface area contributed by atoms with Crippen molar-refractivity contribution in [2.24, 2.45) is 0 Å². The summed E-state index contributed by atoms with van der Waals surface area (Å²) in [5.41, 5.74) is 1.98. The molecule has 1 aromatic carbocycles. The summed E-state index contributed by atoms with van der Waals surface area (Å²) in [6.45, 7) is 1.99. The fourth-order valence-corrected chi connectivity index (χ4v) is 3.34. The fourth-order valence-electron chi connectivity index (χ4n) is 2.70. The second-order valence-corrected chi connectivity index (χ2v) is 7.63. The van der Waals surface area contributed by atoms with Crippen LogP contribution in [0.5, 0.6) is 0 Å². The van der Waals surface area contributed by atoms with Gasteiger partial charge in [-0.05, 0) is 50.3 Å². The third-order valence-electron chi connectivity index (χ3n) is 3.96. The number of aryl methyl sites for hydroxylation is 1. The Labute approximate surface area is 121 Å². The Bertz CT molecular complexity index is 568. The highest BCUT2D eigenvalue weighted by atomic mass is 32.2. The molecule has 1 saturated carbocycles. The Morgan fingerprint density at radius 2 is 2.05 bits per heavy atom. The Kier molecular flexibility index (Phi) is 4.70. The lowest BCUT2D eigenvalue weighted by molar-refractivity contribution is 0.0669. The molecule has 2 atom stereocenters. The van der Waals surface area contributed by atoms with E-state index in [-0.39, 0.29) is 0 Å². The van der Waals surface area contributed by atoms with Crippen LogP contribution in [0.15, 0.2) is 23.1 Å². The van der Waals surface area contributed by atoms with Gasteiger partial charge in [-0.3, -0.25) is 0 Å². The molecule has 1 aliphatic carbocycles. The van der Waals surface area contributed by atoms with Crippen molar-refractivity contribution in [2.75, 3.05) is 18.7 Å². The molecule has 0 aromatic heterocycles. The molecule has 0 bridgehead atoms. The maximum Gasteiger partial charge on any atom is 0.175 e. The topological polar surface area (TPSA) is 55.4 Å². The summed E-state index contributed by atoms with van der Waals surface area (Å²) in [7, 11) is -1.41. The first-order valence-corrected chi connectivity index (χ1v) is 8.89. The van der Waals surface area contributed by atoms with Gasteiger partial charge in [-0.15, -0.1) is 0 Å². The van der Waals surface area contributed by atoms with E-state index in [1.54, 1.807) is 19.2 Å². The van der Waals surface area contributed by atoms with Gasteiger partial charge in [-0.2, -0.15) is 0 Å². The molecule has 112 valence electrons. The number of methoxy groups -OCH3 is 1. The zero-order chi connectivity index (χ0) is 14.8. The monoisotopic (exact) mass is 297 g/mol. The first-order valence-electron chi connectivity index (χ1n) is 7.00. The summed E-state index contributed by atoms with van der Waals surface area (Å²) in [6.07, 6.45) is 5.86.